The highest BCUT2D eigenvalue weighted by atomic mass is 16.4. The first kappa shape index (κ1) is 13.7. The highest BCUT2D eigenvalue weighted by Gasteiger charge is 2.59. The van der Waals surface area contributed by atoms with Crippen molar-refractivity contribution in [2.45, 2.75) is 44.9 Å². The third-order valence-electron chi connectivity index (χ3n) is 5.83. The number of aliphatic carboxylic acids is 1. The largest absolute Gasteiger partial charge is 0.481 e. The van der Waals surface area contributed by atoms with E-state index >= 15 is 0 Å². The fourth-order valence-corrected chi connectivity index (χ4v) is 4.13. The maximum atomic E-state index is 12.7. The van der Waals surface area contributed by atoms with Crippen molar-refractivity contribution < 1.29 is 14.7 Å². The summed E-state index contributed by atoms with van der Waals surface area (Å²) in [5.41, 5.74) is -0.171. The molecule has 1 heterocycles. The van der Waals surface area contributed by atoms with Crippen LogP contribution in [0.2, 0.25) is 0 Å². The van der Waals surface area contributed by atoms with Gasteiger partial charge in [-0.2, -0.15) is 0 Å². The summed E-state index contributed by atoms with van der Waals surface area (Å²) in [5, 5.41) is 9.10. The van der Waals surface area contributed by atoms with E-state index in [-0.39, 0.29) is 22.7 Å². The molecule has 0 aromatic carbocycles. The first-order valence-corrected chi connectivity index (χ1v) is 7.66. The molecule has 3 rings (SSSR count). The van der Waals surface area contributed by atoms with Gasteiger partial charge >= 0.3 is 5.97 Å². The van der Waals surface area contributed by atoms with Gasteiger partial charge in [0.2, 0.25) is 5.91 Å². The van der Waals surface area contributed by atoms with Crippen LogP contribution >= 0.6 is 0 Å². The minimum Gasteiger partial charge on any atom is -0.481 e. The Kier molecular flexibility index (Phi) is 3.14. The Morgan fingerprint density at radius 1 is 1.25 bits per heavy atom. The number of allylic oxidation sites excluding steroid dienone is 1. The van der Waals surface area contributed by atoms with Crippen LogP contribution in [-0.4, -0.2) is 35.0 Å². The van der Waals surface area contributed by atoms with Crippen molar-refractivity contribution in [3.05, 3.63) is 12.7 Å². The number of carbonyl (C=O) groups excluding carboxylic acids is 1. The molecule has 0 aromatic heterocycles. The van der Waals surface area contributed by atoms with E-state index in [4.69, 9.17) is 5.11 Å². The monoisotopic (exact) mass is 277 g/mol. The normalized spacial score (nSPS) is 29.6. The third kappa shape index (κ3) is 1.97. The smallest absolute Gasteiger partial charge is 0.307 e. The van der Waals surface area contributed by atoms with Crippen LogP contribution in [0, 0.1) is 16.7 Å². The molecule has 1 unspecified atom stereocenters. The summed E-state index contributed by atoms with van der Waals surface area (Å²) in [6, 6.07) is 0. The van der Waals surface area contributed by atoms with Gasteiger partial charge in [-0.25, -0.2) is 0 Å². The lowest BCUT2D eigenvalue weighted by molar-refractivity contribution is -0.149. The van der Waals surface area contributed by atoms with Crippen LogP contribution in [0.3, 0.4) is 0 Å². The SMILES string of the molecule is C=CCC1(C(=O)N2CCC3(CC2)CC3C(=O)O)CCC1. The number of piperidine rings is 1. The van der Waals surface area contributed by atoms with Gasteiger partial charge in [0.25, 0.3) is 0 Å². The number of likely N-dealkylation sites (tertiary alicyclic amines) is 1. The van der Waals surface area contributed by atoms with Crippen molar-refractivity contribution in [2.24, 2.45) is 16.7 Å². The molecule has 2 aliphatic carbocycles. The van der Waals surface area contributed by atoms with Gasteiger partial charge in [0.05, 0.1) is 11.3 Å². The Balaban J connectivity index is 1.60. The third-order valence-corrected chi connectivity index (χ3v) is 5.83. The highest BCUT2D eigenvalue weighted by Crippen LogP contribution is 2.59. The second-order valence-electron chi connectivity index (χ2n) is 6.88. The van der Waals surface area contributed by atoms with E-state index in [1.165, 1.54) is 0 Å². The van der Waals surface area contributed by atoms with E-state index in [1.54, 1.807) is 0 Å². The Labute approximate surface area is 119 Å². The zero-order valence-corrected chi connectivity index (χ0v) is 11.9. The number of hydrogen-bond donors (Lipinski definition) is 1. The molecular weight excluding hydrogens is 254 g/mol. The van der Waals surface area contributed by atoms with E-state index < -0.39 is 5.97 Å². The molecule has 4 heteroatoms. The van der Waals surface area contributed by atoms with E-state index in [2.05, 4.69) is 6.58 Å². The van der Waals surface area contributed by atoms with Gasteiger partial charge in [-0.1, -0.05) is 12.5 Å². The number of carboxylic acid groups (broad SMARTS) is 1. The summed E-state index contributed by atoms with van der Waals surface area (Å²) in [5.74, 6) is -0.538. The van der Waals surface area contributed by atoms with Crippen molar-refractivity contribution in [1.82, 2.24) is 4.90 Å². The van der Waals surface area contributed by atoms with Crippen LogP contribution in [0.4, 0.5) is 0 Å². The molecule has 1 atom stereocenters. The topological polar surface area (TPSA) is 57.6 Å². The lowest BCUT2D eigenvalue weighted by atomic mass is 9.65. The van der Waals surface area contributed by atoms with Crippen LogP contribution in [0.5, 0.6) is 0 Å². The lowest BCUT2D eigenvalue weighted by Gasteiger charge is -2.45. The van der Waals surface area contributed by atoms with Crippen molar-refractivity contribution in [3.8, 4) is 0 Å². The fourth-order valence-electron chi connectivity index (χ4n) is 4.13. The summed E-state index contributed by atoms with van der Waals surface area (Å²) >= 11 is 0. The molecule has 1 amide bonds. The average molecular weight is 277 g/mol. The number of carbonyl (C=O) groups is 2. The average Bonchev–Trinajstić information content (AvgIpc) is 3.08. The molecule has 4 nitrogen and oxygen atoms in total. The highest BCUT2D eigenvalue weighted by molar-refractivity contribution is 5.84. The predicted octanol–water partition coefficient (Wildman–Crippen LogP) is 2.45. The summed E-state index contributed by atoms with van der Waals surface area (Å²) in [6.07, 6.45) is 8.28. The quantitative estimate of drug-likeness (QED) is 0.803. The van der Waals surface area contributed by atoms with Crippen molar-refractivity contribution in [2.75, 3.05) is 13.1 Å². The molecule has 0 bridgehead atoms. The standard InChI is InChI=1S/C16H23NO3/c1-2-4-15(5-3-6-15)14(20)17-9-7-16(8-10-17)11-12(16)13(18)19/h2,12H,1,3-11H2,(H,18,19). The van der Waals surface area contributed by atoms with E-state index in [0.29, 0.717) is 0 Å². The minimum atomic E-state index is -0.660. The van der Waals surface area contributed by atoms with Crippen LogP contribution in [0.25, 0.3) is 0 Å². The first-order valence-electron chi connectivity index (χ1n) is 7.66. The second-order valence-corrected chi connectivity index (χ2v) is 6.88. The van der Waals surface area contributed by atoms with E-state index in [0.717, 1.165) is 58.0 Å². The number of carboxylic acids is 1. The Hall–Kier alpha value is -1.32. The van der Waals surface area contributed by atoms with Crippen LogP contribution in [-0.2, 0) is 9.59 Å². The van der Waals surface area contributed by atoms with E-state index in [1.807, 2.05) is 11.0 Å². The molecule has 110 valence electrons. The summed E-state index contributed by atoms with van der Waals surface area (Å²) in [6.45, 7) is 5.26. The number of hydrogen-bond acceptors (Lipinski definition) is 2. The fraction of sp³-hybridized carbons (Fsp3) is 0.750. The second kappa shape index (κ2) is 4.61. The molecule has 1 aliphatic heterocycles. The summed E-state index contributed by atoms with van der Waals surface area (Å²) in [7, 11) is 0. The molecular formula is C16H23NO3. The molecule has 20 heavy (non-hydrogen) atoms. The zero-order valence-electron chi connectivity index (χ0n) is 11.9. The lowest BCUT2D eigenvalue weighted by Crippen LogP contribution is -2.50. The van der Waals surface area contributed by atoms with Crippen molar-refractivity contribution in [1.29, 1.82) is 0 Å². The number of rotatable bonds is 4. The van der Waals surface area contributed by atoms with Gasteiger partial charge in [-0.3, -0.25) is 9.59 Å². The zero-order chi connectivity index (χ0) is 14.4. The molecule has 1 spiro atoms. The predicted molar refractivity (Wildman–Crippen MR) is 75.1 cm³/mol. The van der Waals surface area contributed by atoms with Crippen molar-refractivity contribution in [3.63, 3.8) is 0 Å². The molecule has 3 fully saturated rings. The van der Waals surface area contributed by atoms with Gasteiger partial charge < -0.3 is 10.0 Å². The Bertz CT molecular complexity index is 445. The molecule has 2 saturated carbocycles. The minimum absolute atomic E-state index is 0.00776. The summed E-state index contributed by atoms with van der Waals surface area (Å²) in [4.78, 5) is 25.7. The maximum Gasteiger partial charge on any atom is 0.307 e. The van der Waals surface area contributed by atoms with Crippen LogP contribution < -0.4 is 0 Å². The molecule has 0 aromatic rings. The van der Waals surface area contributed by atoms with Crippen LogP contribution in [0.15, 0.2) is 12.7 Å². The molecule has 0 radical (unpaired) electrons. The van der Waals surface area contributed by atoms with Gasteiger partial charge in [-0.15, -0.1) is 6.58 Å². The van der Waals surface area contributed by atoms with Gasteiger partial charge in [0, 0.05) is 13.1 Å². The van der Waals surface area contributed by atoms with Gasteiger partial charge in [-0.05, 0) is 43.9 Å². The molecule has 1 saturated heterocycles. The Morgan fingerprint density at radius 3 is 2.30 bits per heavy atom. The van der Waals surface area contributed by atoms with Crippen LogP contribution in [0.1, 0.15) is 44.9 Å². The first-order chi connectivity index (χ1) is 9.53. The van der Waals surface area contributed by atoms with Crippen molar-refractivity contribution >= 4 is 11.9 Å². The Morgan fingerprint density at radius 2 is 1.90 bits per heavy atom. The van der Waals surface area contributed by atoms with Gasteiger partial charge in [0.15, 0.2) is 0 Å². The number of nitrogens with zero attached hydrogens (tertiary/aromatic N) is 1. The van der Waals surface area contributed by atoms with Gasteiger partial charge in [0.1, 0.15) is 0 Å². The molecule has 1 N–H and O–H groups in total. The number of amides is 1. The maximum absolute atomic E-state index is 12.7. The summed E-state index contributed by atoms with van der Waals surface area (Å²) < 4.78 is 0. The van der Waals surface area contributed by atoms with E-state index in [9.17, 15) is 9.59 Å². The molecule has 3 aliphatic rings.